The molecule has 2 atom stereocenters. The van der Waals surface area contributed by atoms with Crippen molar-refractivity contribution in [2.45, 2.75) is 37.7 Å². The number of carbonyl (C=O) groups excluding carboxylic acids is 2. The molecule has 0 aromatic heterocycles. The summed E-state index contributed by atoms with van der Waals surface area (Å²) in [4.78, 5) is 27.3. The van der Waals surface area contributed by atoms with Gasteiger partial charge in [-0.3, -0.25) is 14.5 Å². The zero-order chi connectivity index (χ0) is 18.7. The highest BCUT2D eigenvalue weighted by molar-refractivity contribution is 6.30. The van der Waals surface area contributed by atoms with Gasteiger partial charge in [0.25, 0.3) is 5.91 Å². The zero-order valence-corrected chi connectivity index (χ0v) is 15.4. The van der Waals surface area contributed by atoms with E-state index in [9.17, 15) is 14.7 Å². The number of nitrogens with zero attached hydrogens (tertiary/aromatic N) is 1. The van der Waals surface area contributed by atoms with Crippen molar-refractivity contribution in [2.75, 3.05) is 6.54 Å². The zero-order valence-electron chi connectivity index (χ0n) is 14.7. The first-order valence-corrected chi connectivity index (χ1v) is 9.22. The summed E-state index contributed by atoms with van der Waals surface area (Å²) >= 11 is 5.93. The fourth-order valence-corrected chi connectivity index (χ4v) is 3.63. The third-order valence-corrected chi connectivity index (χ3v) is 5.11. The van der Waals surface area contributed by atoms with Gasteiger partial charge in [0.2, 0.25) is 5.91 Å². The van der Waals surface area contributed by atoms with E-state index < -0.39 is 17.4 Å². The van der Waals surface area contributed by atoms with Crippen molar-refractivity contribution in [3.63, 3.8) is 0 Å². The number of likely N-dealkylation sites (tertiary alicyclic amines) is 1. The maximum absolute atomic E-state index is 13.0. The van der Waals surface area contributed by atoms with E-state index in [1.54, 1.807) is 36.4 Å². The standard InChI is InChI=1S/C21H22ClNO3/c1-2-3-13-23-19(24)18(16-7-5-4-6-8-16)21(26,20(23)25)14-15-9-11-17(22)12-10-15/h4-12,18,26H,2-3,13-14H2,1H3/t18-,21-/m0/s1. The number of unbranched alkanes of at least 4 members (excludes halogenated alkanes) is 1. The first-order valence-electron chi connectivity index (χ1n) is 8.85. The van der Waals surface area contributed by atoms with Crippen LogP contribution in [0.5, 0.6) is 0 Å². The highest BCUT2D eigenvalue weighted by atomic mass is 35.5. The Morgan fingerprint density at radius 3 is 2.35 bits per heavy atom. The second-order valence-electron chi connectivity index (χ2n) is 6.72. The van der Waals surface area contributed by atoms with Crippen LogP contribution in [0.4, 0.5) is 0 Å². The van der Waals surface area contributed by atoms with Gasteiger partial charge in [-0.1, -0.05) is 67.4 Å². The Morgan fingerprint density at radius 1 is 1.08 bits per heavy atom. The number of halogens is 1. The van der Waals surface area contributed by atoms with Gasteiger partial charge >= 0.3 is 0 Å². The molecule has 3 rings (SSSR count). The minimum Gasteiger partial charge on any atom is -0.378 e. The molecule has 0 saturated carbocycles. The Hall–Kier alpha value is -2.17. The number of amides is 2. The molecule has 2 aromatic carbocycles. The van der Waals surface area contributed by atoms with Crippen molar-refractivity contribution in [1.29, 1.82) is 0 Å². The molecule has 0 radical (unpaired) electrons. The lowest BCUT2D eigenvalue weighted by Crippen LogP contribution is -2.44. The maximum Gasteiger partial charge on any atom is 0.262 e. The number of hydrogen-bond donors (Lipinski definition) is 1. The summed E-state index contributed by atoms with van der Waals surface area (Å²) in [6.07, 6.45) is 1.65. The van der Waals surface area contributed by atoms with Gasteiger partial charge in [0.05, 0.1) is 0 Å². The molecule has 0 aliphatic carbocycles. The molecule has 0 bridgehead atoms. The quantitative estimate of drug-likeness (QED) is 0.790. The van der Waals surface area contributed by atoms with Crippen LogP contribution in [0, 0.1) is 0 Å². The number of imide groups is 1. The van der Waals surface area contributed by atoms with Crippen LogP contribution >= 0.6 is 11.6 Å². The second-order valence-corrected chi connectivity index (χ2v) is 7.16. The van der Waals surface area contributed by atoms with E-state index in [1.165, 1.54) is 4.90 Å². The molecular weight excluding hydrogens is 350 g/mol. The minimum atomic E-state index is -1.79. The van der Waals surface area contributed by atoms with Crippen molar-refractivity contribution in [2.24, 2.45) is 0 Å². The minimum absolute atomic E-state index is 0.0664. The highest BCUT2D eigenvalue weighted by Gasteiger charge is 2.58. The Bertz CT molecular complexity index is 791. The maximum atomic E-state index is 13.0. The fraction of sp³-hybridized carbons (Fsp3) is 0.333. The van der Waals surface area contributed by atoms with Crippen molar-refractivity contribution in [3.8, 4) is 0 Å². The normalized spacial score (nSPS) is 22.9. The lowest BCUT2D eigenvalue weighted by atomic mass is 9.80. The first kappa shape index (κ1) is 18.6. The van der Waals surface area contributed by atoms with E-state index in [4.69, 9.17) is 11.6 Å². The van der Waals surface area contributed by atoms with E-state index in [0.717, 1.165) is 18.4 Å². The summed E-state index contributed by atoms with van der Waals surface area (Å²) in [5.74, 6) is -1.74. The summed E-state index contributed by atoms with van der Waals surface area (Å²) in [6.45, 7) is 2.33. The average Bonchev–Trinajstić information content (AvgIpc) is 2.82. The van der Waals surface area contributed by atoms with Crippen molar-refractivity contribution in [1.82, 2.24) is 4.90 Å². The predicted octanol–water partition coefficient (Wildman–Crippen LogP) is 3.57. The monoisotopic (exact) mass is 371 g/mol. The van der Waals surface area contributed by atoms with Crippen molar-refractivity contribution >= 4 is 23.4 Å². The fourth-order valence-electron chi connectivity index (χ4n) is 3.50. The molecule has 1 aliphatic rings. The number of hydrogen-bond acceptors (Lipinski definition) is 3. The molecule has 0 unspecified atom stereocenters. The summed E-state index contributed by atoms with van der Waals surface area (Å²) in [7, 11) is 0. The lowest BCUT2D eigenvalue weighted by molar-refractivity contribution is -0.145. The molecule has 2 aromatic rings. The molecule has 2 amide bonds. The third-order valence-electron chi connectivity index (χ3n) is 4.86. The van der Waals surface area contributed by atoms with Gasteiger partial charge in [-0.2, -0.15) is 0 Å². The number of rotatable bonds is 6. The highest BCUT2D eigenvalue weighted by Crippen LogP contribution is 2.40. The molecule has 1 aliphatic heterocycles. The summed E-state index contributed by atoms with van der Waals surface area (Å²) in [5, 5.41) is 12.0. The largest absolute Gasteiger partial charge is 0.378 e. The van der Waals surface area contributed by atoms with Crippen LogP contribution in [0.3, 0.4) is 0 Å². The number of aliphatic hydroxyl groups is 1. The lowest BCUT2D eigenvalue weighted by Gasteiger charge is -2.26. The van der Waals surface area contributed by atoms with Crippen LogP contribution in [-0.4, -0.2) is 34.0 Å². The van der Waals surface area contributed by atoms with E-state index in [2.05, 4.69) is 0 Å². The SMILES string of the molecule is CCCCN1C(=O)[C@H](c2ccccc2)[C@@](O)(Cc2ccc(Cl)cc2)C1=O. The van der Waals surface area contributed by atoms with E-state index in [0.29, 0.717) is 17.1 Å². The van der Waals surface area contributed by atoms with Crippen LogP contribution in [0.1, 0.15) is 36.8 Å². The van der Waals surface area contributed by atoms with Gasteiger partial charge in [-0.25, -0.2) is 0 Å². The molecule has 136 valence electrons. The molecule has 1 saturated heterocycles. The Balaban J connectivity index is 2.01. The van der Waals surface area contributed by atoms with E-state index >= 15 is 0 Å². The van der Waals surface area contributed by atoms with Crippen LogP contribution < -0.4 is 0 Å². The van der Waals surface area contributed by atoms with Gasteiger partial charge in [-0.15, -0.1) is 0 Å². The third kappa shape index (κ3) is 3.39. The summed E-state index contributed by atoms with van der Waals surface area (Å²) in [5.41, 5.74) is -0.377. The summed E-state index contributed by atoms with van der Waals surface area (Å²) in [6, 6.07) is 16.0. The molecular formula is C21H22ClNO3. The topological polar surface area (TPSA) is 57.6 Å². The Labute approximate surface area is 158 Å². The van der Waals surface area contributed by atoms with Crippen LogP contribution in [0.15, 0.2) is 54.6 Å². The van der Waals surface area contributed by atoms with Gasteiger partial charge in [0.15, 0.2) is 5.60 Å². The van der Waals surface area contributed by atoms with Crippen molar-refractivity contribution < 1.29 is 14.7 Å². The Kier molecular flexibility index (Phi) is 5.44. The molecule has 1 fully saturated rings. The van der Waals surface area contributed by atoms with E-state index in [1.807, 2.05) is 25.1 Å². The van der Waals surface area contributed by atoms with E-state index in [-0.39, 0.29) is 12.3 Å². The van der Waals surface area contributed by atoms with Gasteiger partial charge < -0.3 is 5.11 Å². The average molecular weight is 372 g/mol. The van der Waals surface area contributed by atoms with Crippen LogP contribution in [0.25, 0.3) is 0 Å². The molecule has 26 heavy (non-hydrogen) atoms. The van der Waals surface area contributed by atoms with Gasteiger partial charge in [0, 0.05) is 18.0 Å². The molecule has 5 heteroatoms. The van der Waals surface area contributed by atoms with Gasteiger partial charge in [-0.05, 0) is 29.7 Å². The first-order chi connectivity index (χ1) is 12.5. The smallest absolute Gasteiger partial charge is 0.262 e. The van der Waals surface area contributed by atoms with Crippen LogP contribution in [-0.2, 0) is 16.0 Å². The molecule has 0 spiro atoms. The van der Waals surface area contributed by atoms with Gasteiger partial charge in [0.1, 0.15) is 5.92 Å². The van der Waals surface area contributed by atoms with Crippen LogP contribution in [0.2, 0.25) is 5.02 Å². The predicted molar refractivity (Wildman–Crippen MR) is 101 cm³/mol. The molecule has 1 N–H and O–H groups in total. The second kappa shape index (κ2) is 7.60. The molecule has 1 heterocycles. The molecule has 4 nitrogen and oxygen atoms in total. The number of benzene rings is 2. The summed E-state index contributed by atoms with van der Waals surface area (Å²) < 4.78 is 0. The Morgan fingerprint density at radius 2 is 1.73 bits per heavy atom. The number of carbonyl (C=O) groups is 2. The van der Waals surface area contributed by atoms with Crippen molar-refractivity contribution in [3.05, 3.63) is 70.7 Å².